The molecule has 0 aromatic heterocycles. The van der Waals surface area contributed by atoms with Crippen LogP contribution in [0.4, 0.5) is 18.9 Å². The molecule has 0 atom stereocenters. The van der Waals surface area contributed by atoms with E-state index in [-0.39, 0.29) is 11.6 Å². The monoisotopic (exact) mass is 203 g/mol. The lowest BCUT2D eigenvalue weighted by atomic mass is 10.0. The normalized spacial score (nSPS) is 11.9. The lowest BCUT2D eigenvalue weighted by Crippen LogP contribution is -2.21. The summed E-state index contributed by atoms with van der Waals surface area (Å²) in [5.41, 5.74) is 0.805. The lowest BCUT2D eigenvalue weighted by molar-refractivity contribution is -0.1000. The minimum Gasteiger partial charge on any atom is -0.297 e. The molecule has 0 unspecified atom stereocenters. The molecular weight excluding hydrogens is 191 g/mol. The predicted octanol–water partition coefficient (Wildman–Crippen LogP) is 3.74. The van der Waals surface area contributed by atoms with Gasteiger partial charge in [-0.3, -0.25) is 5.32 Å². The van der Waals surface area contributed by atoms with Crippen molar-refractivity contribution in [1.29, 1.82) is 0 Å². The summed E-state index contributed by atoms with van der Waals surface area (Å²) in [6, 6.07) is 6.44. The highest BCUT2D eigenvalue weighted by Gasteiger charge is 2.28. The molecule has 0 amide bonds. The molecule has 0 spiro atoms. The van der Waals surface area contributed by atoms with E-state index in [2.05, 4.69) is 0 Å². The van der Waals surface area contributed by atoms with E-state index in [9.17, 15) is 13.2 Å². The van der Waals surface area contributed by atoms with Crippen LogP contribution in [0.3, 0.4) is 0 Å². The van der Waals surface area contributed by atoms with Crippen LogP contribution in [0, 0.1) is 0 Å². The third-order valence-corrected chi connectivity index (χ3v) is 1.86. The van der Waals surface area contributed by atoms with Crippen molar-refractivity contribution in [2.75, 3.05) is 5.32 Å². The molecule has 14 heavy (non-hydrogen) atoms. The second kappa shape index (κ2) is 3.90. The second-order valence-corrected chi connectivity index (χ2v) is 3.36. The van der Waals surface area contributed by atoms with E-state index in [0.717, 1.165) is 0 Å². The molecule has 0 aliphatic rings. The quantitative estimate of drug-likeness (QED) is 0.722. The van der Waals surface area contributed by atoms with Gasteiger partial charge in [0.1, 0.15) is 0 Å². The highest BCUT2D eigenvalue weighted by Crippen LogP contribution is 2.27. The summed E-state index contributed by atoms with van der Waals surface area (Å²) in [5.74, 6) is 0.0704. The van der Waals surface area contributed by atoms with Gasteiger partial charge in [-0.2, -0.15) is 13.2 Å². The Kier molecular flexibility index (Phi) is 3.03. The first kappa shape index (κ1) is 10.9. The van der Waals surface area contributed by atoms with Crippen LogP contribution in [0.1, 0.15) is 25.3 Å². The summed E-state index contributed by atoms with van der Waals surface area (Å²) < 4.78 is 36.2. The van der Waals surface area contributed by atoms with E-state index < -0.39 is 6.30 Å². The number of nitrogens with one attached hydrogen (secondary N) is 1. The summed E-state index contributed by atoms with van der Waals surface area (Å²) in [4.78, 5) is 0. The van der Waals surface area contributed by atoms with E-state index in [1.165, 1.54) is 11.4 Å². The largest absolute Gasteiger partial charge is 0.482 e. The minimum absolute atomic E-state index is 0.0704. The zero-order valence-electron chi connectivity index (χ0n) is 8.02. The van der Waals surface area contributed by atoms with E-state index in [4.69, 9.17) is 0 Å². The molecule has 0 aliphatic heterocycles. The van der Waals surface area contributed by atoms with E-state index in [0.29, 0.717) is 5.56 Å². The number of hydrogen-bond acceptors (Lipinski definition) is 1. The van der Waals surface area contributed by atoms with Gasteiger partial charge in [-0.25, -0.2) is 0 Å². The maximum absolute atomic E-state index is 12.1. The Balaban J connectivity index is 2.96. The average Bonchev–Trinajstić information content (AvgIpc) is 2.01. The van der Waals surface area contributed by atoms with Gasteiger partial charge in [0.2, 0.25) is 0 Å². The Morgan fingerprint density at radius 1 is 1.14 bits per heavy atom. The van der Waals surface area contributed by atoms with Gasteiger partial charge < -0.3 is 0 Å². The molecular formula is C10H12F3N. The molecule has 0 saturated carbocycles. The second-order valence-electron chi connectivity index (χ2n) is 3.36. The van der Waals surface area contributed by atoms with Gasteiger partial charge in [0.05, 0.1) is 0 Å². The molecule has 78 valence electrons. The molecule has 1 nitrogen and oxygen atoms in total. The van der Waals surface area contributed by atoms with Crippen LogP contribution < -0.4 is 5.32 Å². The maximum atomic E-state index is 12.1. The summed E-state index contributed by atoms with van der Waals surface area (Å²) in [7, 11) is 0. The van der Waals surface area contributed by atoms with Crippen LogP contribution in [0.25, 0.3) is 0 Å². The SMILES string of the molecule is CC(C)c1ccccc1NC(F)(F)F. The number of rotatable bonds is 2. The predicted molar refractivity (Wildman–Crippen MR) is 50.2 cm³/mol. The third kappa shape index (κ3) is 2.94. The zero-order chi connectivity index (χ0) is 10.8. The molecule has 0 radical (unpaired) electrons. The first-order valence-electron chi connectivity index (χ1n) is 4.34. The molecule has 1 N–H and O–H groups in total. The summed E-state index contributed by atoms with van der Waals surface area (Å²) in [6.45, 7) is 3.72. The van der Waals surface area contributed by atoms with Crippen LogP contribution in [0.5, 0.6) is 0 Å². The van der Waals surface area contributed by atoms with Crippen molar-refractivity contribution in [2.45, 2.75) is 26.1 Å². The fourth-order valence-corrected chi connectivity index (χ4v) is 1.27. The van der Waals surface area contributed by atoms with Gasteiger partial charge in [0.25, 0.3) is 0 Å². The van der Waals surface area contributed by atoms with Crippen molar-refractivity contribution in [3.05, 3.63) is 29.8 Å². The fourth-order valence-electron chi connectivity index (χ4n) is 1.27. The maximum Gasteiger partial charge on any atom is 0.482 e. The topological polar surface area (TPSA) is 12.0 Å². The number of benzene rings is 1. The Morgan fingerprint density at radius 3 is 2.21 bits per heavy atom. The van der Waals surface area contributed by atoms with E-state index >= 15 is 0 Å². The van der Waals surface area contributed by atoms with E-state index in [1.54, 1.807) is 18.2 Å². The van der Waals surface area contributed by atoms with Gasteiger partial charge in [-0.1, -0.05) is 32.0 Å². The highest BCUT2D eigenvalue weighted by atomic mass is 19.4. The molecule has 1 aromatic rings. The van der Waals surface area contributed by atoms with Gasteiger partial charge in [-0.05, 0) is 17.5 Å². The number of hydrogen-bond donors (Lipinski definition) is 1. The smallest absolute Gasteiger partial charge is 0.297 e. The fraction of sp³-hybridized carbons (Fsp3) is 0.400. The first-order chi connectivity index (χ1) is 6.40. The Labute approximate surface area is 80.9 Å². The van der Waals surface area contributed by atoms with Crippen molar-refractivity contribution >= 4 is 5.69 Å². The van der Waals surface area contributed by atoms with Crippen LogP contribution in [-0.2, 0) is 0 Å². The molecule has 1 aromatic carbocycles. The van der Waals surface area contributed by atoms with Crippen molar-refractivity contribution in [1.82, 2.24) is 0 Å². The number of para-hydroxylation sites is 1. The van der Waals surface area contributed by atoms with Crippen LogP contribution >= 0.6 is 0 Å². The standard InChI is InChI=1S/C10H12F3N/c1-7(2)8-5-3-4-6-9(8)14-10(11,12)13/h3-7,14H,1-2H3. The van der Waals surface area contributed by atoms with Crippen molar-refractivity contribution < 1.29 is 13.2 Å². The average molecular weight is 203 g/mol. The Hall–Kier alpha value is -1.19. The Morgan fingerprint density at radius 2 is 1.71 bits per heavy atom. The minimum atomic E-state index is -4.37. The van der Waals surface area contributed by atoms with Gasteiger partial charge in [-0.15, -0.1) is 0 Å². The molecule has 0 aliphatic carbocycles. The molecule has 0 saturated heterocycles. The van der Waals surface area contributed by atoms with Crippen molar-refractivity contribution in [2.24, 2.45) is 0 Å². The van der Waals surface area contributed by atoms with Crippen LogP contribution in [0.2, 0.25) is 0 Å². The van der Waals surface area contributed by atoms with Gasteiger partial charge in [0.15, 0.2) is 0 Å². The number of halogens is 3. The molecule has 4 heteroatoms. The van der Waals surface area contributed by atoms with Gasteiger partial charge in [0, 0.05) is 5.69 Å². The number of alkyl halides is 3. The third-order valence-electron chi connectivity index (χ3n) is 1.86. The highest BCUT2D eigenvalue weighted by molar-refractivity contribution is 5.52. The van der Waals surface area contributed by atoms with Crippen LogP contribution in [-0.4, -0.2) is 6.30 Å². The molecule has 0 heterocycles. The van der Waals surface area contributed by atoms with Crippen molar-refractivity contribution in [3.63, 3.8) is 0 Å². The van der Waals surface area contributed by atoms with Crippen molar-refractivity contribution in [3.8, 4) is 0 Å². The van der Waals surface area contributed by atoms with Gasteiger partial charge >= 0.3 is 6.30 Å². The van der Waals surface area contributed by atoms with E-state index in [1.807, 2.05) is 13.8 Å². The number of anilines is 1. The molecule has 0 bridgehead atoms. The van der Waals surface area contributed by atoms with Crippen LogP contribution in [0.15, 0.2) is 24.3 Å². The summed E-state index contributed by atoms with van der Waals surface area (Å²) >= 11 is 0. The Bertz CT molecular complexity index is 304. The summed E-state index contributed by atoms with van der Waals surface area (Å²) in [5, 5.41) is 1.53. The molecule has 1 rings (SSSR count). The first-order valence-corrected chi connectivity index (χ1v) is 4.34. The zero-order valence-corrected chi connectivity index (χ0v) is 8.02. The molecule has 0 fully saturated rings. The lowest BCUT2D eigenvalue weighted by Gasteiger charge is -2.16. The summed E-state index contributed by atoms with van der Waals surface area (Å²) in [6.07, 6.45) is -4.37.